The van der Waals surface area contributed by atoms with E-state index in [2.05, 4.69) is 5.32 Å². The van der Waals surface area contributed by atoms with Gasteiger partial charge in [0.15, 0.2) is 11.5 Å². The number of ether oxygens (including phenoxy) is 2. The van der Waals surface area contributed by atoms with Crippen LogP contribution in [0.4, 0.5) is 5.69 Å². The molecule has 3 heterocycles. The van der Waals surface area contributed by atoms with Crippen LogP contribution in [0.2, 0.25) is 0 Å². The Balaban J connectivity index is 1.41. The summed E-state index contributed by atoms with van der Waals surface area (Å²) >= 11 is 0. The van der Waals surface area contributed by atoms with Crippen molar-refractivity contribution in [3.63, 3.8) is 0 Å². The molecule has 1 aromatic heterocycles. The Kier molecular flexibility index (Phi) is 5.21. The molecule has 0 saturated heterocycles. The number of hydrogen-bond donors (Lipinski definition) is 1. The Morgan fingerprint density at radius 2 is 1.69 bits per heavy atom. The first kappa shape index (κ1) is 21.9. The van der Waals surface area contributed by atoms with Crippen LogP contribution >= 0.6 is 0 Å². The minimum Gasteiger partial charge on any atom is -0.454 e. The number of benzene rings is 3. The third-order valence-electron chi connectivity index (χ3n) is 6.62. The maximum absolute atomic E-state index is 14.0. The SMILES string of the molecule is CC1(C(=O)NCc2ccccc2)Cn2nc(-c3ccccc3)cc2C(=O)N1c1ccc2c(c1)OCO2. The van der Waals surface area contributed by atoms with Crippen molar-refractivity contribution >= 4 is 17.5 Å². The molecule has 2 aliphatic rings. The van der Waals surface area contributed by atoms with Gasteiger partial charge in [-0.25, -0.2) is 0 Å². The van der Waals surface area contributed by atoms with Crippen LogP contribution in [0.1, 0.15) is 23.0 Å². The maximum atomic E-state index is 14.0. The van der Waals surface area contributed by atoms with Crippen molar-refractivity contribution in [2.75, 3.05) is 11.7 Å². The van der Waals surface area contributed by atoms with E-state index >= 15 is 0 Å². The normalized spacial score (nSPS) is 18.1. The Hall–Kier alpha value is -4.59. The molecule has 8 nitrogen and oxygen atoms in total. The Morgan fingerprint density at radius 3 is 2.47 bits per heavy atom. The molecule has 3 aromatic carbocycles. The third-order valence-corrected chi connectivity index (χ3v) is 6.62. The molecule has 180 valence electrons. The van der Waals surface area contributed by atoms with E-state index in [9.17, 15) is 9.59 Å². The average molecular weight is 481 g/mol. The Bertz CT molecular complexity index is 1450. The largest absolute Gasteiger partial charge is 0.454 e. The van der Waals surface area contributed by atoms with Gasteiger partial charge in [0.2, 0.25) is 12.7 Å². The summed E-state index contributed by atoms with van der Waals surface area (Å²) < 4.78 is 12.6. The third kappa shape index (κ3) is 3.67. The van der Waals surface area contributed by atoms with Gasteiger partial charge in [-0.15, -0.1) is 0 Å². The number of fused-ring (bicyclic) bond motifs is 2. The number of carbonyl (C=O) groups excluding carboxylic acids is 2. The van der Waals surface area contributed by atoms with Gasteiger partial charge >= 0.3 is 0 Å². The molecule has 0 bridgehead atoms. The highest BCUT2D eigenvalue weighted by Crippen LogP contribution is 2.40. The van der Waals surface area contributed by atoms with Crippen molar-refractivity contribution in [3.8, 4) is 22.8 Å². The molecule has 1 atom stereocenters. The van der Waals surface area contributed by atoms with Crippen molar-refractivity contribution in [2.24, 2.45) is 0 Å². The summed E-state index contributed by atoms with van der Waals surface area (Å²) in [5.41, 5.74) is 2.27. The molecular weight excluding hydrogens is 456 g/mol. The van der Waals surface area contributed by atoms with Gasteiger partial charge in [-0.05, 0) is 30.7 Å². The first-order valence-electron chi connectivity index (χ1n) is 11.7. The van der Waals surface area contributed by atoms with Crippen LogP contribution < -0.4 is 19.7 Å². The molecular formula is C28H24N4O4. The van der Waals surface area contributed by atoms with E-state index in [0.717, 1.165) is 11.1 Å². The summed E-state index contributed by atoms with van der Waals surface area (Å²) in [6.45, 7) is 2.42. The lowest BCUT2D eigenvalue weighted by molar-refractivity contribution is -0.126. The van der Waals surface area contributed by atoms with Gasteiger partial charge < -0.3 is 14.8 Å². The molecule has 2 aliphatic heterocycles. The van der Waals surface area contributed by atoms with Gasteiger partial charge in [0.25, 0.3) is 5.91 Å². The van der Waals surface area contributed by atoms with Crippen molar-refractivity contribution in [1.29, 1.82) is 0 Å². The second-order valence-electron chi connectivity index (χ2n) is 9.06. The van der Waals surface area contributed by atoms with Gasteiger partial charge in [0, 0.05) is 23.9 Å². The van der Waals surface area contributed by atoms with Crippen molar-refractivity contribution in [2.45, 2.75) is 25.6 Å². The zero-order chi connectivity index (χ0) is 24.7. The van der Waals surface area contributed by atoms with Crippen molar-refractivity contribution in [3.05, 3.63) is 96.2 Å². The van der Waals surface area contributed by atoms with Gasteiger partial charge in [-0.3, -0.25) is 19.2 Å². The minimum absolute atomic E-state index is 0.120. The van der Waals surface area contributed by atoms with Crippen LogP contribution in [-0.2, 0) is 17.9 Å². The van der Waals surface area contributed by atoms with Crippen LogP contribution in [-0.4, -0.2) is 33.9 Å². The van der Waals surface area contributed by atoms with Gasteiger partial charge in [-0.2, -0.15) is 5.10 Å². The standard InChI is InChI=1S/C28H24N4O4/c1-28(27(34)29-16-19-8-4-2-5-9-19)17-31-23(15-22(30-31)20-10-6-3-7-11-20)26(33)32(28)21-12-13-24-25(14-21)36-18-35-24/h2-15H,16-18H2,1H3,(H,29,34). The van der Waals surface area contributed by atoms with Gasteiger partial charge in [0.05, 0.1) is 12.2 Å². The Labute approximate surface area is 208 Å². The zero-order valence-corrected chi connectivity index (χ0v) is 19.7. The van der Waals surface area contributed by atoms with Crippen LogP contribution in [0, 0.1) is 0 Å². The summed E-state index contributed by atoms with van der Waals surface area (Å²) in [7, 11) is 0. The van der Waals surface area contributed by atoms with Gasteiger partial charge in [0.1, 0.15) is 11.2 Å². The lowest BCUT2D eigenvalue weighted by atomic mass is 9.93. The summed E-state index contributed by atoms with van der Waals surface area (Å²) in [6, 6.07) is 26.4. The Morgan fingerprint density at radius 1 is 0.972 bits per heavy atom. The van der Waals surface area contributed by atoms with E-state index in [-0.39, 0.29) is 25.2 Å². The molecule has 8 heteroatoms. The smallest absolute Gasteiger partial charge is 0.277 e. The van der Waals surface area contributed by atoms with E-state index in [1.54, 1.807) is 40.8 Å². The van der Waals surface area contributed by atoms with Crippen LogP contribution in [0.5, 0.6) is 11.5 Å². The van der Waals surface area contributed by atoms with E-state index in [0.29, 0.717) is 35.1 Å². The lowest BCUT2D eigenvalue weighted by Gasteiger charge is -2.43. The first-order valence-corrected chi connectivity index (χ1v) is 11.7. The molecule has 0 aliphatic carbocycles. The molecule has 0 fully saturated rings. The minimum atomic E-state index is -1.24. The summed E-state index contributed by atoms with van der Waals surface area (Å²) in [5, 5.41) is 7.72. The second kappa shape index (κ2) is 8.57. The molecule has 1 unspecified atom stereocenters. The number of rotatable bonds is 5. The lowest BCUT2D eigenvalue weighted by Crippen LogP contribution is -2.64. The number of nitrogens with zero attached hydrogens (tertiary/aromatic N) is 3. The average Bonchev–Trinajstić information content (AvgIpc) is 3.55. The first-order chi connectivity index (χ1) is 17.5. The van der Waals surface area contributed by atoms with E-state index in [1.807, 2.05) is 60.7 Å². The fraction of sp³-hybridized carbons (Fsp3) is 0.179. The molecule has 2 amide bonds. The predicted molar refractivity (Wildman–Crippen MR) is 134 cm³/mol. The number of anilines is 1. The number of amides is 2. The van der Waals surface area contributed by atoms with Crippen LogP contribution in [0.25, 0.3) is 11.3 Å². The topological polar surface area (TPSA) is 85.7 Å². The molecule has 4 aromatic rings. The fourth-order valence-corrected chi connectivity index (χ4v) is 4.73. The molecule has 0 spiro atoms. The zero-order valence-electron chi connectivity index (χ0n) is 19.7. The number of aromatic nitrogens is 2. The fourth-order valence-electron chi connectivity index (χ4n) is 4.73. The quantitative estimate of drug-likeness (QED) is 0.467. The van der Waals surface area contributed by atoms with E-state index in [4.69, 9.17) is 14.6 Å². The summed E-state index contributed by atoms with van der Waals surface area (Å²) in [5.74, 6) is 0.554. The highest BCUT2D eigenvalue weighted by molar-refractivity contribution is 6.12. The monoisotopic (exact) mass is 480 g/mol. The van der Waals surface area contributed by atoms with Crippen molar-refractivity contribution < 1.29 is 19.1 Å². The molecule has 0 radical (unpaired) electrons. The molecule has 36 heavy (non-hydrogen) atoms. The number of hydrogen-bond acceptors (Lipinski definition) is 5. The van der Waals surface area contributed by atoms with Crippen LogP contribution in [0.15, 0.2) is 84.9 Å². The summed E-state index contributed by atoms with van der Waals surface area (Å²) in [4.78, 5) is 29.3. The van der Waals surface area contributed by atoms with Crippen molar-refractivity contribution in [1.82, 2.24) is 15.1 Å². The van der Waals surface area contributed by atoms with E-state index < -0.39 is 5.54 Å². The van der Waals surface area contributed by atoms with Gasteiger partial charge in [-0.1, -0.05) is 60.7 Å². The molecule has 1 N–H and O–H groups in total. The highest BCUT2D eigenvalue weighted by Gasteiger charge is 2.49. The number of nitrogens with one attached hydrogen (secondary N) is 1. The molecule has 6 rings (SSSR count). The maximum Gasteiger partial charge on any atom is 0.277 e. The summed E-state index contributed by atoms with van der Waals surface area (Å²) in [6.07, 6.45) is 0. The van der Waals surface area contributed by atoms with Crippen LogP contribution in [0.3, 0.4) is 0 Å². The predicted octanol–water partition coefficient (Wildman–Crippen LogP) is 4.01. The second-order valence-corrected chi connectivity index (χ2v) is 9.06. The highest BCUT2D eigenvalue weighted by atomic mass is 16.7. The number of carbonyl (C=O) groups is 2. The van der Waals surface area contributed by atoms with E-state index in [1.165, 1.54) is 0 Å². The molecule has 0 saturated carbocycles.